The minimum Gasteiger partial charge on any atom is -0.465 e. The van der Waals surface area contributed by atoms with Gasteiger partial charge in [0.1, 0.15) is 16.4 Å². The fraction of sp³-hybridized carbons (Fsp3) is 0.214. The first-order valence-corrected chi connectivity index (χ1v) is 7.87. The van der Waals surface area contributed by atoms with Crippen molar-refractivity contribution in [3.05, 3.63) is 52.4 Å². The summed E-state index contributed by atoms with van der Waals surface area (Å²) >= 11 is 5.95. The van der Waals surface area contributed by atoms with E-state index in [1.807, 2.05) is 6.07 Å². The lowest BCUT2D eigenvalue weighted by atomic mass is 10.2. The third-order valence-electron chi connectivity index (χ3n) is 2.92. The Morgan fingerprint density at radius 1 is 1.33 bits per heavy atom. The molecule has 0 radical (unpaired) electrons. The molecule has 0 saturated carbocycles. The Hall–Kier alpha value is -1.81. The summed E-state index contributed by atoms with van der Waals surface area (Å²) in [6.45, 7) is 1.87. The Morgan fingerprint density at radius 3 is 2.62 bits per heavy atom. The Balaban J connectivity index is 2.35. The zero-order chi connectivity index (χ0) is 15.6. The van der Waals surface area contributed by atoms with Crippen LogP contribution in [0.5, 0.6) is 0 Å². The zero-order valence-corrected chi connectivity index (χ0v) is 13.1. The molecular formula is C14H13ClN2O3S. The van der Waals surface area contributed by atoms with Crippen LogP contribution in [0, 0.1) is 18.3 Å². The molecule has 1 heterocycles. The molecule has 1 aromatic carbocycles. The molecule has 5 nitrogen and oxygen atoms in total. The highest BCUT2D eigenvalue weighted by molar-refractivity contribution is 7.89. The van der Waals surface area contributed by atoms with E-state index in [2.05, 4.69) is 0 Å². The molecule has 0 spiro atoms. The summed E-state index contributed by atoms with van der Waals surface area (Å²) in [5, 5.41) is 8.96. The normalized spacial score (nSPS) is 11.6. The second-order valence-corrected chi connectivity index (χ2v) is 6.95. The number of nitriles is 1. The number of aryl methyl sites for hydroxylation is 1. The molecule has 0 aliphatic rings. The van der Waals surface area contributed by atoms with Crippen LogP contribution < -0.4 is 0 Å². The van der Waals surface area contributed by atoms with Gasteiger partial charge in [0.25, 0.3) is 0 Å². The number of furan rings is 1. The molecule has 0 fully saturated rings. The van der Waals surface area contributed by atoms with Crippen LogP contribution in [0.4, 0.5) is 0 Å². The predicted molar refractivity (Wildman–Crippen MR) is 78.3 cm³/mol. The van der Waals surface area contributed by atoms with Crippen molar-refractivity contribution in [3.8, 4) is 6.07 Å². The SMILES string of the molecule is Cc1ccc(CN(C)S(=O)(=O)c2cc(C#N)ccc2Cl)o1. The van der Waals surface area contributed by atoms with Gasteiger partial charge in [0.05, 0.1) is 23.2 Å². The molecule has 0 atom stereocenters. The molecular weight excluding hydrogens is 312 g/mol. The maximum Gasteiger partial charge on any atom is 0.244 e. The molecule has 0 saturated heterocycles. The molecule has 2 rings (SSSR count). The van der Waals surface area contributed by atoms with Gasteiger partial charge in [-0.15, -0.1) is 0 Å². The molecule has 1 aromatic heterocycles. The molecule has 2 aromatic rings. The van der Waals surface area contributed by atoms with Gasteiger partial charge in [-0.3, -0.25) is 0 Å². The summed E-state index contributed by atoms with van der Waals surface area (Å²) in [6, 6.07) is 9.51. The number of benzene rings is 1. The fourth-order valence-electron chi connectivity index (χ4n) is 1.81. The van der Waals surface area contributed by atoms with Crippen molar-refractivity contribution in [2.45, 2.75) is 18.4 Å². The number of halogens is 1. The second-order valence-electron chi connectivity index (χ2n) is 4.53. The molecule has 0 N–H and O–H groups in total. The Kier molecular flexibility index (Phi) is 4.37. The van der Waals surface area contributed by atoms with Gasteiger partial charge < -0.3 is 4.42 Å². The smallest absolute Gasteiger partial charge is 0.244 e. The van der Waals surface area contributed by atoms with E-state index in [9.17, 15) is 8.42 Å². The largest absolute Gasteiger partial charge is 0.465 e. The summed E-state index contributed by atoms with van der Waals surface area (Å²) in [7, 11) is -2.37. The maximum absolute atomic E-state index is 12.5. The van der Waals surface area contributed by atoms with Gasteiger partial charge in [0.2, 0.25) is 10.0 Å². The first-order chi connectivity index (χ1) is 9.84. The lowest BCUT2D eigenvalue weighted by Gasteiger charge is -2.17. The van der Waals surface area contributed by atoms with Crippen LogP contribution in [0.2, 0.25) is 5.02 Å². The van der Waals surface area contributed by atoms with Crippen molar-refractivity contribution in [3.63, 3.8) is 0 Å². The minimum atomic E-state index is -3.80. The predicted octanol–water partition coefficient (Wildman–Crippen LogP) is 2.93. The first kappa shape index (κ1) is 15.6. The standard InChI is InChI=1S/C14H13ClN2O3S/c1-10-3-5-12(20-10)9-17(2)21(18,19)14-7-11(8-16)4-6-13(14)15/h3-7H,9H2,1-2H3. The van der Waals surface area contributed by atoms with E-state index in [4.69, 9.17) is 21.3 Å². The van der Waals surface area contributed by atoms with Crippen LogP contribution in [0.3, 0.4) is 0 Å². The summed E-state index contributed by atoms with van der Waals surface area (Å²) in [5.74, 6) is 1.24. The van der Waals surface area contributed by atoms with Crippen molar-refractivity contribution >= 4 is 21.6 Å². The van der Waals surface area contributed by atoms with Crippen LogP contribution in [-0.4, -0.2) is 19.8 Å². The molecule has 0 bridgehead atoms. The quantitative estimate of drug-likeness (QED) is 0.866. The Bertz CT molecular complexity index is 806. The van der Waals surface area contributed by atoms with E-state index in [1.54, 1.807) is 19.1 Å². The molecule has 0 amide bonds. The van der Waals surface area contributed by atoms with E-state index in [-0.39, 0.29) is 22.0 Å². The second kappa shape index (κ2) is 5.90. The van der Waals surface area contributed by atoms with E-state index >= 15 is 0 Å². The third kappa shape index (κ3) is 3.27. The monoisotopic (exact) mass is 324 g/mol. The number of hydrogen-bond acceptors (Lipinski definition) is 4. The van der Waals surface area contributed by atoms with Crippen molar-refractivity contribution in [2.24, 2.45) is 0 Å². The third-order valence-corrected chi connectivity index (χ3v) is 5.21. The van der Waals surface area contributed by atoms with Gasteiger partial charge in [-0.1, -0.05) is 11.6 Å². The lowest BCUT2D eigenvalue weighted by Crippen LogP contribution is -2.26. The van der Waals surface area contributed by atoms with Crippen LogP contribution >= 0.6 is 11.6 Å². The van der Waals surface area contributed by atoms with E-state index in [1.165, 1.54) is 25.2 Å². The van der Waals surface area contributed by atoms with E-state index in [0.717, 1.165) is 4.31 Å². The average molecular weight is 325 g/mol. The highest BCUT2D eigenvalue weighted by atomic mass is 35.5. The van der Waals surface area contributed by atoms with Gasteiger partial charge in [-0.25, -0.2) is 8.42 Å². The molecule has 0 aliphatic heterocycles. The minimum absolute atomic E-state index is 0.0801. The Labute approximate surface area is 128 Å². The molecule has 0 aliphatic carbocycles. The highest BCUT2D eigenvalue weighted by Crippen LogP contribution is 2.26. The van der Waals surface area contributed by atoms with Gasteiger partial charge in [0, 0.05) is 7.05 Å². The molecule has 110 valence electrons. The number of rotatable bonds is 4. The van der Waals surface area contributed by atoms with E-state index < -0.39 is 10.0 Å². The number of hydrogen-bond donors (Lipinski definition) is 0. The Morgan fingerprint density at radius 2 is 2.05 bits per heavy atom. The summed E-state index contributed by atoms with van der Waals surface area (Å²) < 4.78 is 31.5. The van der Waals surface area contributed by atoms with Gasteiger partial charge in [-0.2, -0.15) is 9.57 Å². The summed E-state index contributed by atoms with van der Waals surface area (Å²) in [5.41, 5.74) is 0.236. The molecule has 7 heteroatoms. The summed E-state index contributed by atoms with van der Waals surface area (Å²) in [4.78, 5) is -0.0889. The van der Waals surface area contributed by atoms with Gasteiger partial charge in [0.15, 0.2) is 0 Å². The average Bonchev–Trinajstić information content (AvgIpc) is 2.84. The van der Waals surface area contributed by atoms with Crippen LogP contribution in [0.25, 0.3) is 0 Å². The highest BCUT2D eigenvalue weighted by Gasteiger charge is 2.25. The van der Waals surface area contributed by atoms with Crippen LogP contribution in [0.1, 0.15) is 17.1 Å². The fourth-order valence-corrected chi connectivity index (χ4v) is 3.45. The first-order valence-electron chi connectivity index (χ1n) is 6.06. The van der Waals surface area contributed by atoms with Crippen molar-refractivity contribution < 1.29 is 12.8 Å². The number of sulfonamides is 1. The number of nitrogens with zero attached hydrogens (tertiary/aromatic N) is 2. The van der Waals surface area contributed by atoms with Crippen LogP contribution in [-0.2, 0) is 16.6 Å². The lowest BCUT2D eigenvalue weighted by molar-refractivity contribution is 0.397. The molecule has 21 heavy (non-hydrogen) atoms. The summed E-state index contributed by atoms with van der Waals surface area (Å²) in [6.07, 6.45) is 0. The topological polar surface area (TPSA) is 74.3 Å². The van der Waals surface area contributed by atoms with Crippen molar-refractivity contribution in [1.82, 2.24) is 4.31 Å². The van der Waals surface area contributed by atoms with Crippen molar-refractivity contribution in [2.75, 3.05) is 7.05 Å². The van der Waals surface area contributed by atoms with E-state index in [0.29, 0.717) is 11.5 Å². The zero-order valence-electron chi connectivity index (χ0n) is 11.5. The molecule has 0 unspecified atom stereocenters. The van der Waals surface area contributed by atoms with Crippen LogP contribution in [0.15, 0.2) is 39.6 Å². The van der Waals surface area contributed by atoms with Crippen molar-refractivity contribution in [1.29, 1.82) is 5.26 Å². The van der Waals surface area contributed by atoms with Gasteiger partial charge in [-0.05, 0) is 37.3 Å². The van der Waals surface area contributed by atoms with Gasteiger partial charge >= 0.3 is 0 Å². The maximum atomic E-state index is 12.5.